The number of para-hydroxylation sites is 2. The number of carbonyl (C=O) groups is 1. The van der Waals surface area contributed by atoms with Gasteiger partial charge in [-0.2, -0.15) is 4.98 Å². The summed E-state index contributed by atoms with van der Waals surface area (Å²) in [5.74, 6) is 0.301. The van der Waals surface area contributed by atoms with Crippen molar-refractivity contribution in [1.29, 1.82) is 0 Å². The SMILES string of the molecule is CN(Cc1ccccc1)C(=O)C1CCN(c2nc3ccccc3o2)CC1. The van der Waals surface area contributed by atoms with E-state index in [1.54, 1.807) is 0 Å². The third-order valence-corrected chi connectivity index (χ3v) is 5.04. The molecule has 4 rings (SSSR count). The largest absolute Gasteiger partial charge is 0.423 e. The topological polar surface area (TPSA) is 49.6 Å². The number of amides is 1. The van der Waals surface area contributed by atoms with Gasteiger partial charge in [-0.3, -0.25) is 4.79 Å². The van der Waals surface area contributed by atoms with Gasteiger partial charge in [0.15, 0.2) is 5.58 Å². The first-order valence-corrected chi connectivity index (χ1v) is 9.10. The van der Waals surface area contributed by atoms with Crippen LogP contribution < -0.4 is 4.90 Å². The lowest BCUT2D eigenvalue weighted by Gasteiger charge is -2.32. The molecule has 134 valence electrons. The molecule has 1 aromatic heterocycles. The Morgan fingerprint density at radius 1 is 1.12 bits per heavy atom. The van der Waals surface area contributed by atoms with E-state index >= 15 is 0 Å². The highest BCUT2D eigenvalue weighted by Crippen LogP contribution is 2.27. The van der Waals surface area contributed by atoms with Crippen molar-refractivity contribution < 1.29 is 9.21 Å². The van der Waals surface area contributed by atoms with Crippen LogP contribution >= 0.6 is 0 Å². The summed E-state index contributed by atoms with van der Waals surface area (Å²) in [5, 5.41) is 0. The summed E-state index contributed by atoms with van der Waals surface area (Å²) >= 11 is 0. The average molecular weight is 349 g/mol. The molecule has 1 aliphatic rings. The lowest BCUT2D eigenvalue weighted by Crippen LogP contribution is -2.41. The van der Waals surface area contributed by atoms with Gasteiger partial charge in [0.25, 0.3) is 6.01 Å². The monoisotopic (exact) mass is 349 g/mol. The first-order valence-electron chi connectivity index (χ1n) is 9.10. The Labute approximate surface area is 153 Å². The number of benzene rings is 2. The molecule has 1 saturated heterocycles. The van der Waals surface area contributed by atoms with Crippen molar-refractivity contribution >= 4 is 23.0 Å². The van der Waals surface area contributed by atoms with Gasteiger partial charge in [0.1, 0.15) is 5.52 Å². The Hall–Kier alpha value is -2.82. The second-order valence-electron chi connectivity index (χ2n) is 6.91. The van der Waals surface area contributed by atoms with E-state index in [0.717, 1.165) is 42.6 Å². The van der Waals surface area contributed by atoms with E-state index in [9.17, 15) is 4.79 Å². The van der Waals surface area contributed by atoms with E-state index in [1.807, 2.05) is 54.4 Å². The van der Waals surface area contributed by atoms with Crippen LogP contribution in [0.4, 0.5) is 6.01 Å². The number of hydrogen-bond acceptors (Lipinski definition) is 4. The summed E-state index contributed by atoms with van der Waals surface area (Å²) in [6.07, 6.45) is 1.66. The van der Waals surface area contributed by atoms with Crippen molar-refractivity contribution in [3.05, 3.63) is 60.2 Å². The number of carbonyl (C=O) groups excluding carboxylic acids is 1. The van der Waals surface area contributed by atoms with Crippen molar-refractivity contribution in [3.63, 3.8) is 0 Å². The highest BCUT2D eigenvalue weighted by Gasteiger charge is 2.29. The molecule has 0 radical (unpaired) electrons. The quantitative estimate of drug-likeness (QED) is 0.721. The van der Waals surface area contributed by atoms with E-state index < -0.39 is 0 Å². The lowest BCUT2D eigenvalue weighted by molar-refractivity contribution is -0.135. The van der Waals surface area contributed by atoms with E-state index in [-0.39, 0.29) is 11.8 Å². The molecular formula is C21H23N3O2. The number of hydrogen-bond donors (Lipinski definition) is 0. The molecule has 0 aliphatic carbocycles. The predicted molar refractivity (Wildman–Crippen MR) is 102 cm³/mol. The van der Waals surface area contributed by atoms with Crippen LogP contribution in [0.1, 0.15) is 18.4 Å². The molecule has 5 nitrogen and oxygen atoms in total. The van der Waals surface area contributed by atoms with E-state index in [4.69, 9.17) is 4.42 Å². The molecule has 5 heteroatoms. The molecule has 2 aromatic carbocycles. The summed E-state index contributed by atoms with van der Waals surface area (Å²) in [4.78, 5) is 21.3. The molecule has 1 aliphatic heterocycles. The van der Waals surface area contributed by atoms with Gasteiger partial charge in [0.2, 0.25) is 5.91 Å². The van der Waals surface area contributed by atoms with Gasteiger partial charge >= 0.3 is 0 Å². The molecule has 0 spiro atoms. The second kappa shape index (κ2) is 7.20. The smallest absolute Gasteiger partial charge is 0.298 e. The average Bonchev–Trinajstić information content (AvgIpc) is 3.12. The van der Waals surface area contributed by atoms with Crippen LogP contribution in [0.5, 0.6) is 0 Å². The van der Waals surface area contributed by atoms with Gasteiger partial charge in [-0.1, -0.05) is 42.5 Å². The van der Waals surface area contributed by atoms with Gasteiger partial charge in [0.05, 0.1) is 0 Å². The highest BCUT2D eigenvalue weighted by molar-refractivity contribution is 5.79. The third-order valence-electron chi connectivity index (χ3n) is 5.04. The Morgan fingerprint density at radius 3 is 2.54 bits per heavy atom. The number of oxazole rings is 1. The Bertz CT molecular complexity index is 849. The summed E-state index contributed by atoms with van der Waals surface area (Å²) in [6, 6.07) is 18.6. The first-order chi connectivity index (χ1) is 12.7. The fourth-order valence-corrected chi connectivity index (χ4v) is 3.56. The Kier molecular flexibility index (Phi) is 4.61. The normalized spacial score (nSPS) is 15.3. The zero-order valence-corrected chi connectivity index (χ0v) is 15.0. The molecule has 2 heterocycles. The summed E-state index contributed by atoms with van der Waals surface area (Å²) in [5.41, 5.74) is 2.85. The maximum absolute atomic E-state index is 12.8. The van der Waals surface area contributed by atoms with Crippen molar-refractivity contribution in [1.82, 2.24) is 9.88 Å². The summed E-state index contributed by atoms with van der Waals surface area (Å²) < 4.78 is 5.85. The standard InChI is InChI=1S/C21H23N3O2/c1-23(15-16-7-3-2-4-8-16)20(25)17-11-13-24(14-12-17)21-22-18-9-5-6-10-19(18)26-21/h2-10,17H,11-15H2,1H3. The Balaban J connectivity index is 1.36. The van der Waals surface area contributed by atoms with Crippen LogP contribution in [0.15, 0.2) is 59.0 Å². The second-order valence-corrected chi connectivity index (χ2v) is 6.91. The van der Waals surface area contributed by atoms with E-state index in [2.05, 4.69) is 22.0 Å². The maximum atomic E-state index is 12.8. The van der Waals surface area contributed by atoms with Crippen molar-refractivity contribution in [2.24, 2.45) is 5.92 Å². The molecule has 0 atom stereocenters. The van der Waals surface area contributed by atoms with Crippen molar-refractivity contribution in [3.8, 4) is 0 Å². The van der Waals surface area contributed by atoms with Crippen molar-refractivity contribution in [2.75, 3.05) is 25.0 Å². The van der Waals surface area contributed by atoms with Crippen molar-refractivity contribution in [2.45, 2.75) is 19.4 Å². The molecule has 26 heavy (non-hydrogen) atoms. The molecule has 0 unspecified atom stereocenters. The van der Waals surface area contributed by atoms with Gasteiger partial charge in [-0.05, 0) is 30.5 Å². The summed E-state index contributed by atoms with van der Waals surface area (Å²) in [6.45, 7) is 2.25. The van der Waals surface area contributed by atoms with Crippen LogP contribution in [0.3, 0.4) is 0 Å². The van der Waals surface area contributed by atoms with Gasteiger partial charge in [-0.25, -0.2) is 0 Å². The fraction of sp³-hybridized carbons (Fsp3) is 0.333. The number of rotatable bonds is 4. The summed E-state index contributed by atoms with van der Waals surface area (Å²) in [7, 11) is 1.89. The van der Waals surface area contributed by atoms with E-state index in [1.165, 1.54) is 0 Å². The molecular weight excluding hydrogens is 326 g/mol. The van der Waals surface area contributed by atoms with Gasteiger partial charge < -0.3 is 14.2 Å². The minimum atomic E-state index is 0.0735. The molecule has 1 fully saturated rings. The fourth-order valence-electron chi connectivity index (χ4n) is 3.56. The third kappa shape index (κ3) is 3.43. The Morgan fingerprint density at radius 2 is 1.81 bits per heavy atom. The number of piperidine rings is 1. The minimum absolute atomic E-state index is 0.0735. The molecule has 1 amide bonds. The zero-order valence-electron chi connectivity index (χ0n) is 15.0. The highest BCUT2D eigenvalue weighted by atomic mass is 16.4. The zero-order chi connectivity index (χ0) is 17.9. The number of anilines is 1. The van der Waals surface area contributed by atoms with Gasteiger partial charge in [0, 0.05) is 32.6 Å². The number of fused-ring (bicyclic) bond motifs is 1. The lowest BCUT2D eigenvalue weighted by atomic mass is 9.95. The van der Waals surface area contributed by atoms with Crippen LogP contribution in [0.2, 0.25) is 0 Å². The molecule has 0 saturated carbocycles. The van der Waals surface area contributed by atoms with Crippen LogP contribution in [0, 0.1) is 5.92 Å². The minimum Gasteiger partial charge on any atom is -0.423 e. The number of aromatic nitrogens is 1. The molecule has 0 N–H and O–H groups in total. The molecule has 0 bridgehead atoms. The predicted octanol–water partition coefficient (Wildman–Crippen LogP) is 3.70. The first kappa shape index (κ1) is 16.6. The maximum Gasteiger partial charge on any atom is 0.298 e. The van der Waals surface area contributed by atoms with Crippen LogP contribution in [0.25, 0.3) is 11.1 Å². The van der Waals surface area contributed by atoms with Gasteiger partial charge in [-0.15, -0.1) is 0 Å². The van der Waals surface area contributed by atoms with Crippen LogP contribution in [-0.2, 0) is 11.3 Å². The molecule has 3 aromatic rings. The van der Waals surface area contributed by atoms with Crippen LogP contribution in [-0.4, -0.2) is 35.9 Å². The van der Waals surface area contributed by atoms with E-state index in [0.29, 0.717) is 12.6 Å². The number of nitrogens with zero attached hydrogens (tertiary/aromatic N) is 3.